The molecule has 0 saturated carbocycles. The van der Waals surface area contributed by atoms with E-state index in [1.807, 2.05) is 31.2 Å². The standard InChI is InChI=1S/C7H9NO.C2H2O4/c1-6-4-2-3-5-7(6)8-9;3-1(4)2(5)6/h2-5,8-9H,1H3;(H,3,4)(H,5,6). The van der Waals surface area contributed by atoms with Crippen LogP contribution in [0.3, 0.4) is 0 Å². The van der Waals surface area contributed by atoms with Crippen molar-refractivity contribution in [1.29, 1.82) is 0 Å². The highest BCUT2D eigenvalue weighted by atomic mass is 16.5. The monoisotopic (exact) mass is 213 g/mol. The number of carboxylic acids is 2. The number of quaternary nitrogens is 1. The van der Waals surface area contributed by atoms with Gasteiger partial charge < -0.3 is 15.0 Å². The molecule has 6 heteroatoms. The molecule has 0 aliphatic heterocycles. The highest BCUT2D eigenvalue weighted by Crippen LogP contribution is 2.05. The van der Waals surface area contributed by atoms with E-state index in [2.05, 4.69) is 0 Å². The van der Waals surface area contributed by atoms with Gasteiger partial charge in [-0.05, 0) is 6.92 Å². The van der Waals surface area contributed by atoms with Gasteiger partial charge in [-0.1, -0.05) is 18.2 Å². The first kappa shape index (κ1) is 13.1. The molecule has 0 unspecified atom stereocenters. The van der Waals surface area contributed by atoms with Crippen LogP contribution in [0.5, 0.6) is 0 Å². The third-order valence-electron chi connectivity index (χ3n) is 1.50. The molecule has 15 heavy (non-hydrogen) atoms. The number of carbonyl (C=O) groups excluding carboxylic acids is 1. The lowest BCUT2D eigenvalue weighted by Gasteiger charge is -1.94. The first-order valence-electron chi connectivity index (χ1n) is 3.96. The third-order valence-corrected chi connectivity index (χ3v) is 1.50. The Morgan fingerprint density at radius 2 is 1.80 bits per heavy atom. The molecule has 0 aromatic heterocycles. The molecule has 82 valence electrons. The Labute approximate surface area is 85.7 Å². The van der Waals surface area contributed by atoms with Crippen LogP contribution in [0.15, 0.2) is 24.3 Å². The fourth-order valence-corrected chi connectivity index (χ4v) is 0.732. The van der Waals surface area contributed by atoms with Crippen molar-refractivity contribution in [3.05, 3.63) is 29.8 Å². The molecular weight excluding hydrogens is 202 g/mol. The van der Waals surface area contributed by atoms with Crippen molar-refractivity contribution in [2.45, 2.75) is 6.92 Å². The highest BCUT2D eigenvalue weighted by molar-refractivity contribution is 6.26. The van der Waals surface area contributed by atoms with Gasteiger partial charge in [0.05, 0.1) is 0 Å². The van der Waals surface area contributed by atoms with Crippen LogP contribution >= 0.6 is 0 Å². The van der Waals surface area contributed by atoms with Crippen molar-refractivity contribution < 1.29 is 30.5 Å². The maximum absolute atomic E-state index is 9.04. The molecule has 0 bridgehead atoms. The van der Waals surface area contributed by atoms with Crippen LogP contribution in [-0.4, -0.2) is 22.3 Å². The largest absolute Gasteiger partial charge is 0.539 e. The van der Waals surface area contributed by atoms with Crippen molar-refractivity contribution in [1.82, 2.24) is 0 Å². The van der Waals surface area contributed by atoms with Gasteiger partial charge in [0.15, 0.2) is 11.7 Å². The zero-order chi connectivity index (χ0) is 11.8. The molecule has 0 amide bonds. The van der Waals surface area contributed by atoms with Crippen molar-refractivity contribution in [2.75, 3.05) is 0 Å². The summed E-state index contributed by atoms with van der Waals surface area (Å²) in [6.45, 7) is 1.96. The number of rotatable bonds is 1. The lowest BCUT2D eigenvalue weighted by molar-refractivity contribution is -0.826. The second-order valence-electron chi connectivity index (χ2n) is 2.58. The molecule has 0 fully saturated rings. The summed E-state index contributed by atoms with van der Waals surface area (Å²) in [4.78, 5) is 18.0. The summed E-state index contributed by atoms with van der Waals surface area (Å²) in [6, 6.07) is 7.68. The number of hydrogen-bond acceptors (Lipinski definition) is 4. The van der Waals surface area contributed by atoms with Crippen molar-refractivity contribution in [3.63, 3.8) is 0 Å². The van der Waals surface area contributed by atoms with E-state index in [0.717, 1.165) is 16.7 Å². The summed E-state index contributed by atoms with van der Waals surface area (Å²) in [7, 11) is 0. The van der Waals surface area contributed by atoms with Crippen LogP contribution in [0.4, 0.5) is 5.69 Å². The van der Waals surface area contributed by atoms with Crippen LogP contribution in [0.2, 0.25) is 0 Å². The smallest absolute Gasteiger partial charge is 0.351 e. The van der Waals surface area contributed by atoms with Crippen LogP contribution in [-0.2, 0) is 9.59 Å². The molecule has 1 aromatic carbocycles. The number of aryl methyl sites for hydroxylation is 1. The lowest BCUT2D eigenvalue weighted by atomic mass is 10.2. The van der Waals surface area contributed by atoms with E-state index in [9.17, 15) is 0 Å². The molecule has 0 aliphatic carbocycles. The number of carbonyl (C=O) groups is 2. The third kappa shape index (κ3) is 5.40. The number of para-hydroxylation sites is 1. The fourth-order valence-electron chi connectivity index (χ4n) is 0.732. The topological polar surface area (TPSA) is 114 Å². The Balaban J connectivity index is 0.000000288. The second kappa shape index (κ2) is 6.52. The zero-order valence-corrected chi connectivity index (χ0v) is 8.01. The molecular formula is C9H11NO5. The molecule has 1 aromatic rings. The van der Waals surface area contributed by atoms with Crippen molar-refractivity contribution in [2.24, 2.45) is 0 Å². The van der Waals surface area contributed by atoms with Gasteiger partial charge in [0.1, 0.15) is 0 Å². The lowest BCUT2D eigenvalue weighted by Crippen LogP contribution is -2.74. The van der Waals surface area contributed by atoms with E-state index in [1.165, 1.54) is 0 Å². The van der Waals surface area contributed by atoms with Crippen molar-refractivity contribution >= 4 is 17.6 Å². The van der Waals surface area contributed by atoms with E-state index in [4.69, 9.17) is 25.0 Å². The van der Waals surface area contributed by atoms with Gasteiger partial charge in [-0.3, -0.25) is 0 Å². The Bertz CT molecular complexity index is 338. The second-order valence-corrected chi connectivity index (χ2v) is 2.58. The number of benzene rings is 1. The summed E-state index contributed by atoms with van der Waals surface area (Å²) in [6.07, 6.45) is 0. The molecule has 6 nitrogen and oxygen atoms in total. The van der Waals surface area contributed by atoms with Crippen LogP contribution in [0.1, 0.15) is 5.56 Å². The van der Waals surface area contributed by atoms with Crippen molar-refractivity contribution in [3.8, 4) is 0 Å². The molecule has 1 rings (SSSR count). The number of carboxylic acid groups (broad SMARTS) is 2. The van der Waals surface area contributed by atoms with Gasteiger partial charge >= 0.3 is 5.97 Å². The van der Waals surface area contributed by atoms with E-state index in [-0.39, 0.29) is 0 Å². The number of aliphatic carboxylic acids is 2. The highest BCUT2D eigenvalue weighted by Gasteiger charge is 1.95. The number of hydrogen-bond donors (Lipinski definition) is 3. The average molecular weight is 213 g/mol. The van der Waals surface area contributed by atoms with E-state index >= 15 is 0 Å². The Morgan fingerprint density at radius 1 is 1.33 bits per heavy atom. The van der Waals surface area contributed by atoms with E-state index in [1.54, 1.807) is 0 Å². The van der Waals surface area contributed by atoms with Gasteiger partial charge in [0.25, 0.3) is 0 Å². The Kier molecular flexibility index (Phi) is 5.69. The van der Waals surface area contributed by atoms with E-state index in [0.29, 0.717) is 0 Å². The summed E-state index contributed by atoms with van der Waals surface area (Å²) < 4.78 is 0. The zero-order valence-electron chi connectivity index (χ0n) is 8.01. The van der Waals surface area contributed by atoms with Gasteiger partial charge in [0.2, 0.25) is 0 Å². The maximum Gasteiger partial charge on any atom is 0.351 e. The minimum atomic E-state index is -2.07. The quantitative estimate of drug-likeness (QED) is 0.295. The molecule has 4 N–H and O–H groups in total. The van der Waals surface area contributed by atoms with Gasteiger partial charge in [0, 0.05) is 11.6 Å². The SMILES string of the molecule is Cc1ccccc1[NH2+]O.O=C([O-])C(=O)O. The summed E-state index contributed by atoms with van der Waals surface area (Å²) in [5.41, 5.74) is 3.10. The van der Waals surface area contributed by atoms with E-state index < -0.39 is 11.9 Å². The Morgan fingerprint density at radius 3 is 2.07 bits per heavy atom. The first-order valence-corrected chi connectivity index (χ1v) is 3.96. The summed E-state index contributed by atoms with van der Waals surface area (Å²) in [5.74, 6) is -4.01. The summed E-state index contributed by atoms with van der Waals surface area (Å²) in [5, 5.41) is 24.9. The predicted octanol–water partition coefficient (Wildman–Crippen LogP) is -1.60. The molecule has 0 atom stereocenters. The molecule has 0 radical (unpaired) electrons. The van der Waals surface area contributed by atoms with Gasteiger partial charge in [-0.25, -0.2) is 10.0 Å². The minimum absolute atomic E-state index is 0.887. The molecule has 0 aliphatic rings. The van der Waals surface area contributed by atoms with Crippen LogP contribution in [0.25, 0.3) is 0 Å². The Hall–Kier alpha value is -1.92. The maximum atomic E-state index is 9.04. The summed E-state index contributed by atoms with van der Waals surface area (Å²) >= 11 is 0. The normalized spacial score (nSPS) is 8.67. The molecule has 0 spiro atoms. The molecule has 0 saturated heterocycles. The predicted molar refractivity (Wildman–Crippen MR) is 47.2 cm³/mol. The fraction of sp³-hybridized carbons (Fsp3) is 0.111. The molecule has 0 heterocycles. The minimum Gasteiger partial charge on any atom is -0.539 e. The van der Waals surface area contributed by atoms with Gasteiger partial charge in [-0.15, -0.1) is 0 Å². The number of nitrogens with two attached hydrogens (primary N) is 1. The average Bonchev–Trinajstić information content (AvgIpc) is 2.19. The van der Waals surface area contributed by atoms with Crippen LogP contribution in [0, 0.1) is 6.92 Å². The van der Waals surface area contributed by atoms with Crippen LogP contribution < -0.4 is 10.6 Å². The van der Waals surface area contributed by atoms with Gasteiger partial charge in [-0.2, -0.15) is 5.48 Å². The first-order chi connectivity index (χ1) is 6.99.